The second-order valence-electron chi connectivity index (χ2n) is 7.45. The van der Waals surface area contributed by atoms with Crippen LogP contribution in [-0.2, 0) is 4.79 Å². The molecule has 154 valence electrons. The van der Waals surface area contributed by atoms with Crippen molar-refractivity contribution >= 4 is 29.1 Å². The van der Waals surface area contributed by atoms with Crippen LogP contribution in [0.1, 0.15) is 57.3 Å². The highest BCUT2D eigenvalue weighted by molar-refractivity contribution is 7.80. The molecule has 0 saturated carbocycles. The van der Waals surface area contributed by atoms with Crippen LogP contribution in [0.25, 0.3) is 0 Å². The fourth-order valence-electron chi connectivity index (χ4n) is 3.32. The van der Waals surface area contributed by atoms with E-state index in [1.807, 2.05) is 18.7 Å². The second kappa shape index (κ2) is 10.3. The van der Waals surface area contributed by atoms with E-state index in [0.29, 0.717) is 16.4 Å². The van der Waals surface area contributed by atoms with Gasteiger partial charge in [0, 0.05) is 23.7 Å². The van der Waals surface area contributed by atoms with E-state index in [2.05, 4.69) is 30.0 Å². The average Bonchev–Trinajstić information content (AvgIpc) is 2.64. The number of rotatable bonds is 5. The topological polar surface area (TPSA) is 82.7 Å². The van der Waals surface area contributed by atoms with Gasteiger partial charge in [0.15, 0.2) is 11.7 Å². The Hall–Kier alpha value is -2.35. The van der Waals surface area contributed by atoms with Gasteiger partial charge in [-0.1, -0.05) is 0 Å². The third-order valence-electron chi connectivity index (χ3n) is 4.67. The lowest BCUT2D eigenvalue weighted by Gasteiger charge is -2.38. The SMILES string of the molecule is CC(C)NC(=S)NNC(=O)c1ccc(OCC(=O)N2[C@@H](C)CCC[C@@H]2C)cc1. The van der Waals surface area contributed by atoms with Crippen molar-refractivity contribution in [2.45, 2.75) is 65.1 Å². The van der Waals surface area contributed by atoms with Gasteiger partial charge in [-0.3, -0.25) is 20.4 Å². The minimum Gasteiger partial charge on any atom is -0.484 e. The molecule has 0 aromatic heterocycles. The predicted octanol–water partition coefficient (Wildman–Crippen LogP) is 2.37. The Morgan fingerprint density at radius 1 is 1.14 bits per heavy atom. The number of thiocarbonyl (C=S) groups is 1. The van der Waals surface area contributed by atoms with Gasteiger partial charge in [0.05, 0.1) is 0 Å². The predicted molar refractivity (Wildman–Crippen MR) is 113 cm³/mol. The van der Waals surface area contributed by atoms with Crippen molar-refractivity contribution in [3.8, 4) is 5.75 Å². The summed E-state index contributed by atoms with van der Waals surface area (Å²) in [5.74, 6) is 0.232. The molecular weight excluding hydrogens is 376 g/mol. The molecule has 0 unspecified atom stereocenters. The number of carbonyl (C=O) groups is 2. The van der Waals surface area contributed by atoms with Crippen molar-refractivity contribution in [3.63, 3.8) is 0 Å². The molecule has 0 aliphatic carbocycles. The molecule has 2 rings (SSSR count). The Balaban J connectivity index is 1.82. The minimum absolute atomic E-state index is 0.00288. The molecule has 7 nitrogen and oxygen atoms in total. The maximum absolute atomic E-state index is 12.5. The number of hydrogen-bond donors (Lipinski definition) is 3. The normalized spacial score (nSPS) is 19.1. The van der Waals surface area contributed by atoms with E-state index in [9.17, 15) is 9.59 Å². The van der Waals surface area contributed by atoms with Crippen molar-refractivity contribution < 1.29 is 14.3 Å². The van der Waals surface area contributed by atoms with Crippen LogP contribution in [0.3, 0.4) is 0 Å². The Kier molecular flexibility index (Phi) is 8.04. The van der Waals surface area contributed by atoms with Crippen LogP contribution in [-0.4, -0.2) is 46.6 Å². The Morgan fingerprint density at radius 3 is 2.32 bits per heavy atom. The molecule has 1 aromatic carbocycles. The van der Waals surface area contributed by atoms with E-state index < -0.39 is 0 Å². The van der Waals surface area contributed by atoms with Crippen LogP contribution < -0.4 is 20.9 Å². The molecule has 1 fully saturated rings. The molecule has 28 heavy (non-hydrogen) atoms. The van der Waals surface area contributed by atoms with E-state index in [0.717, 1.165) is 19.3 Å². The fourth-order valence-corrected chi connectivity index (χ4v) is 3.61. The molecule has 0 bridgehead atoms. The van der Waals surface area contributed by atoms with E-state index in [1.54, 1.807) is 24.3 Å². The van der Waals surface area contributed by atoms with Gasteiger partial charge in [0.1, 0.15) is 5.75 Å². The molecule has 1 aromatic rings. The highest BCUT2D eigenvalue weighted by Gasteiger charge is 2.28. The lowest BCUT2D eigenvalue weighted by molar-refractivity contribution is -0.139. The first-order valence-corrected chi connectivity index (χ1v) is 10.1. The summed E-state index contributed by atoms with van der Waals surface area (Å²) >= 11 is 5.06. The van der Waals surface area contributed by atoms with Crippen molar-refractivity contribution in [3.05, 3.63) is 29.8 Å². The van der Waals surface area contributed by atoms with Gasteiger partial charge in [-0.15, -0.1) is 0 Å². The van der Waals surface area contributed by atoms with Crippen LogP contribution in [0.15, 0.2) is 24.3 Å². The number of nitrogens with zero attached hydrogens (tertiary/aromatic N) is 1. The number of piperidine rings is 1. The van der Waals surface area contributed by atoms with Crippen LogP contribution in [0, 0.1) is 0 Å². The first kappa shape index (κ1) is 21.9. The highest BCUT2D eigenvalue weighted by atomic mass is 32.1. The summed E-state index contributed by atoms with van der Waals surface area (Å²) in [6.45, 7) is 8.06. The number of benzene rings is 1. The Bertz CT molecular complexity index is 683. The Morgan fingerprint density at radius 2 is 1.75 bits per heavy atom. The second-order valence-corrected chi connectivity index (χ2v) is 7.86. The zero-order valence-corrected chi connectivity index (χ0v) is 17.8. The summed E-state index contributed by atoms with van der Waals surface area (Å²) in [7, 11) is 0. The third kappa shape index (κ3) is 6.37. The average molecular weight is 407 g/mol. The molecular formula is C20H30N4O3S. The first-order chi connectivity index (χ1) is 13.3. The van der Waals surface area contributed by atoms with Gasteiger partial charge in [-0.05, 0) is 83.4 Å². The van der Waals surface area contributed by atoms with Gasteiger partial charge >= 0.3 is 0 Å². The molecule has 1 saturated heterocycles. The van der Waals surface area contributed by atoms with Crippen LogP contribution in [0.2, 0.25) is 0 Å². The van der Waals surface area contributed by atoms with Gasteiger partial charge in [-0.2, -0.15) is 0 Å². The number of amides is 2. The Labute approximate surface area is 172 Å². The summed E-state index contributed by atoms with van der Waals surface area (Å²) in [5, 5.41) is 3.32. The van der Waals surface area contributed by atoms with Crippen LogP contribution >= 0.6 is 12.2 Å². The zero-order chi connectivity index (χ0) is 20.7. The van der Waals surface area contributed by atoms with Gasteiger partial charge in [-0.25, -0.2) is 0 Å². The molecule has 1 aliphatic rings. The van der Waals surface area contributed by atoms with Crippen molar-refractivity contribution in [1.29, 1.82) is 0 Å². The van der Waals surface area contributed by atoms with E-state index in [1.165, 1.54) is 0 Å². The number of ether oxygens (including phenoxy) is 1. The number of carbonyl (C=O) groups excluding carboxylic acids is 2. The molecule has 8 heteroatoms. The van der Waals surface area contributed by atoms with Crippen molar-refractivity contribution in [1.82, 2.24) is 21.1 Å². The van der Waals surface area contributed by atoms with Crippen LogP contribution in [0.4, 0.5) is 0 Å². The highest BCUT2D eigenvalue weighted by Crippen LogP contribution is 2.22. The van der Waals surface area contributed by atoms with E-state index in [-0.39, 0.29) is 36.5 Å². The van der Waals surface area contributed by atoms with Crippen molar-refractivity contribution in [2.24, 2.45) is 0 Å². The van der Waals surface area contributed by atoms with E-state index in [4.69, 9.17) is 17.0 Å². The monoisotopic (exact) mass is 406 g/mol. The molecule has 0 radical (unpaired) electrons. The number of nitrogens with one attached hydrogen (secondary N) is 3. The molecule has 3 N–H and O–H groups in total. The molecule has 1 aliphatic heterocycles. The van der Waals surface area contributed by atoms with Crippen molar-refractivity contribution in [2.75, 3.05) is 6.61 Å². The first-order valence-electron chi connectivity index (χ1n) is 9.68. The summed E-state index contributed by atoms with van der Waals surface area (Å²) in [6, 6.07) is 7.30. The van der Waals surface area contributed by atoms with E-state index >= 15 is 0 Å². The van der Waals surface area contributed by atoms with Gasteiger partial charge in [0.25, 0.3) is 11.8 Å². The lowest BCUT2D eigenvalue weighted by atomic mass is 9.97. The largest absolute Gasteiger partial charge is 0.484 e. The minimum atomic E-state index is -0.313. The van der Waals surface area contributed by atoms with Crippen LogP contribution in [0.5, 0.6) is 5.75 Å². The zero-order valence-electron chi connectivity index (χ0n) is 17.0. The summed E-state index contributed by atoms with van der Waals surface area (Å²) in [6.07, 6.45) is 3.22. The molecule has 1 heterocycles. The third-order valence-corrected chi connectivity index (χ3v) is 4.89. The van der Waals surface area contributed by atoms with Gasteiger partial charge < -0.3 is 15.0 Å². The van der Waals surface area contributed by atoms with Gasteiger partial charge in [0.2, 0.25) is 0 Å². The number of likely N-dealkylation sites (tertiary alicyclic amines) is 1. The maximum atomic E-state index is 12.5. The molecule has 2 atom stereocenters. The summed E-state index contributed by atoms with van der Waals surface area (Å²) in [5.41, 5.74) is 5.64. The standard InChI is InChI=1S/C20H30N4O3S/c1-13(2)21-20(28)23-22-19(26)16-8-10-17(11-9-16)27-12-18(25)24-14(3)6-5-7-15(24)4/h8-11,13-15H,5-7,12H2,1-4H3,(H,22,26)(H2,21,23,28)/t14-,15-/m0/s1. The number of hydrazine groups is 1. The molecule has 0 spiro atoms. The summed E-state index contributed by atoms with van der Waals surface area (Å²) in [4.78, 5) is 26.6. The number of hydrogen-bond acceptors (Lipinski definition) is 4. The lowest BCUT2D eigenvalue weighted by Crippen LogP contribution is -2.49. The molecule has 2 amide bonds. The quantitative estimate of drug-likeness (QED) is 0.514. The maximum Gasteiger partial charge on any atom is 0.269 e. The smallest absolute Gasteiger partial charge is 0.269 e. The fraction of sp³-hybridized carbons (Fsp3) is 0.550. The summed E-state index contributed by atoms with van der Waals surface area (Å²) < 4.78 is 5.63.